The van der Waals surface area contributed by atoms with Crippen LogP contribution in [-0.4, -0.2) is 54.0 Å². The van der Waals surface area contributed by atoms with Gasteiger partial charge >= 0.3 is 12.3 Å². The number of alkyl halides is 4. The number of pyridine rings is 1. The van der Waals surface area contributed by atoms with Crippen molar-refractivity contribution in [1.82, 2.24) is 10.3 Å². The van der Waals surface area contributed by atoms with Crippen molar-refractivity contribution in [1.29, 1.82) is 5.41 Å². The number of nitrogens with two attached hydrogens (primary N) is 1. The lowest BCUT2D eigenvalue weighted by Crippen LogP contribution is -2.50. The van der Waals surface area contributed by atoms with Crippen molar-refractivity contribution in [3.63, 3.8) is 0 Å². The van der Waals surface area contributed by atoms with Crippen molar-refractivity contribution in [3.05, 3.63) is 59.9 Å². The average Bonchev–Trinajstić information content (AvgIpc) is 3.68. The third kappa shape index (κ3) is 6.01. The zero-order valence-electron chi connectivity index (χ0n) is 20.4. The van der Waals surface area contributed by atoms with Gasteiger partial charge in [-0.1, -0.05) is 24.3 Å². The molecule has 2 amide bonds. The van der Waals surface area contributed by atoms with Crippen LogP contribution in [0.5, 0.6) is 0 Å². The summed E-state index contributed by atoms with van der Waals surface area (Å²) >= 11 is 0. The van der Waals surface area contributed by atoms with E-state index in [9.17, 15) is 27.2 Å². The molecule has 1 aromatic heterocycles. The van der Waals surface area contributed by atoms with Crippen LogP contribution in [0.1, 0.15) is 30.4 Å². The zero-order valence-corrected chi connectivity index (χ0v) is 20.4. The maximum atomic E-state index is 13.1. The third-order valence-electron chi connectivity index (χ3n) is 6.72. The molecule has 1 aliphatic carbocycles. The summed E-state index contributed by atoms with van der Waals surface area (Å²) in [5, 5.41) is 12.4. The summed E-state index contributed by atoms with van der Waals surface area (Å²) in [6.45, 7) is -0.792. The summed E-state index contributed by atoms with van der Waals surface area (Å²) in [5.74, 6) is -4.24. The monoisotopic (exact) mass is 532 g/mol. The van der Waals surface area contributed by atoms with Crippen LogP contribution in [0.15, 0.2) is 48.8 Å². The van der Waals surface area contributed by atoms with Crippen LogP contribution in [0.25, 0.3) is 5.57 Å². The van der Waals surface area contributed by atoms with Crippen LogP contribution >= 0.6 is 0 Å². The minimum absolute atomic E-state index is 0.0574. The number of hydrogen-bond donors (Lipinski definition) is 4. The van der Waals surface area contributed by atoms with Crippen molar-refractivity contribution in [3.8, 4) is 0 Å². The molecule has 8 nitrogen and oxygen atoms in total. The molecular weight excluding hydrogens is 504 g/mol. The van der Waals surface area contributed by atoms with Gasteiger partial charge in [-0.05, 0) is 42.4 Å². The predicted molar refractivity (Wildman–Crippen MR) is 135 cm³/mol. The Morgan fingerprint density at radius 3 is 2.74 bits per heavy atom. The first kappa shape index (κ1) is 27.2. The molecule has 0 spiro atoms. The fourth-order valence-electron chi connectivity index (χ4n) is 4.45. The van der Waals surface area contributed by atoms with E-state index >= 15 is 0 Å². The fraction of sp³-hybridized carbons (Fsp3) is 0.385. The number of nitrogens with one attached hydrogen (secondary N) is 3. The molecule has 1 atom stereocenters. The minimum atomic E-state index is -4.21. The van der Waals surface area contributed by atoms with Crippen molar-refractivity contribution >= 4 is 35.1 Å². The Morgan fingerprint density at radius 1 is 1.29 bits per heavy atom. The first-order chi connectivity index (χ1) is 18.0. The lowest BCUT2D eigenvalue weighted by molar-refractivity contribution is -0.123. The number of hydrogen-bond acceptors (Lipinski definition) is 6. The molecule has 12 heteroatoms. The van der Waals surface area contributed by atoms with Gasteiger partial charge in [0.1, 0.15) is 11.4 Å². The van der Waals surface area contributed by atoms with E-state index in [2.05, 4.69) is 15.6 Å². The summed E-state index contributed by atoms with van der Waals surface area (Å²) in [6, 6.07) is 9.79. The quantitative estimate of drug-likeness (QED) is 0.260. The van der Waals surface area contributed by atoms with E-state index < -0.39 is 24.4 Å². The first-order valence-electron chi connectivity index (χ1n) is 12.1. The minimum Gasteiger partial charge on any atom is -0.384 e. The molecule has 38 heavy (non-hydrogen) atoms. The standard InChI is InChI=1S/C26H28F4N6O2/c27-23(28)26(29,30)15-33-14-18(13-31)17-3-1-2-16(10-17)11-22(37)35-21-12-20(6-8-34-21)36-9-7-25(32,24(36)38)19-4-5-19/h1-3,6,8,10,12-14,19,23,31,33H,4-5,7,9,11,15,32H2,(H,34,35,37)/b18-14+,31-13?/t25-/m1/s1. The molecular formula is C26H28F4N6O2. The number of amides is 2. The summed E-state index contributed by atoms with van der Waals surface area (Å²) in [4.78, 5) is 31.4. The first-order valence-corrected chi connectivity index (χ1v) is 12.1. The van der Waals surface area contributed by atoms with Crippen LogP contribution in [0.4, 0.5) is 29.1 Å². The van der Waals surface area contributed by atoms with E-state index in [0.29, 0.717) is 29.8 Å². The Labute approximate surface area is 216 Å². The van der Waals surface area contributed by atoms with Crippen molar-refractivity contribution in [2.24, 2.45) is 11.7 Å². The highest BCUT2D eigenvalue weighted by molar-refractivity contribution is 6.08. The average molecular weight is 533 g/mol. The van der Waals surface area contributed by atoms with Gasteiger partial charge in [0.05, 0.1) is 13.0 Å². The normalized spacial score (nSPS) is 20.1. The van der Waals surface area contributed by atoms with Crippen molar-refractivity contribution < 1.29 is 27.2 Å². The van der Waals surface area contributed by atoms with Gasteiger partial charge in [-0.3, -0.25) is 9.59 Å². The lowest BCUT2D eigenvalue weighted by Gasteiger charge is -2.23. The highest BCUT2D eigenvalue weighted by Crippen LogP contribution is 2.44. The van der Waals surface area contributed by atoms with E-state index in [4.69, 9.17) is 11.1 Å². The molecule has 202 valence electrons. The lowest BCUT2D eigenvalue weighted by atomic mass is 9.93. The Morgan fingerprint density at radius 2 is 2.05 bits per heavy atom. The summed E-state index contributed by atoms with van der Waals surface area (Å²) in [7, 11) is 0. The zero-order chi connectivity index (χ0) is 27.5. The largest absolute Gasteiger partial charge is 0.384 e. The van der Waals surface area contributed by atoms with Gasteiger partial charge in [-0.15, -0.1) is 0 Å². The maximum Gasteiger partial charge on any atom is 0.324 e. The fourth-order valence-corrected chi connectivity index (χ4v) is 4.45. The van der Waals surface area contributed by atoms with E-state index in [1.807, 2.05) is 0 Å². The molecule has 1 saturated carbocycles. The Balaban J connectivity index is 1.39. The topological polar surface area (TPSA) is 124 Å². The van der Waals surface area contributed by atoms with Gasteiger partial charge in [0, 0.05) is 42.5 Å². The molecule has 2 aromatic rings. The van der Waals surface area contributed by atoms with E-state index in [1.54, 1.807) is 41.3 Å². The second kappa shape index (κ2) is 10.9. The Hall–Kier alpha value is -3.80. The molecule has 2 fully saturated rings. The van der Waals surface area contributed by atoms with Crippen LogP contribution in [0.2, 0.25) is 0 Å². The predicted octanol–water partition coefficient (Wildman–Crippen LogP) is 3.59. The molecule has 4 rings (SSSR count). The van der Waals surface area contributed by atoms with Crippen LogP contribution in [-0.2, 0) is 16.0 Å². The smallest absolute Gasteiger partial charge is 0.324 e. The van der Waals surface area contributed by atoms with Gasteiger partial charge in [0.25, 0.3) is 0 Å². The molecule has 0 radical (unpaired) electrons. The summed E-state index contributed by atoms with van der Waals surface area (Å²) in [5.41, 5.74) is 7.32. The maximum absolute atomic E-state index is 13.1. The molecule has 2 heterocycles. The van der Waals surface area contributed by atoms with Crippen molar-refractivity contribution in [2.45, 2.75) is 43.6 Å². The molecule has 1 aromatic carbocycles. The van der Waals surface area contributed by atoms with Crippen LogP contribution in [0.3, 0.4) is 0 Å². The van der Waals surface area contributed by atoms with E-state index in [0.717, 1.165) is 25.3 Å². The highest BCUT2D eigenvalue weighted by Gasteiger charge is 2.53. The van der Waals surface area contributed by atoms with E-state index in [1.165, 1.54) is 6.20 Å². The number of halogens is 4. The number of carbonyl (C=O) groups is 2. The molecule has 0 unspecified atom stereocenters. The molecule has 5 N–H and O–H groups in total. The number of carbonyl (C=O) groups excluding carboxylic acids is 2. The number of allylic oxidation sites excluding steroid dienone is 1. The van der Waals surface area contributed by atoms with Gasteiger partial charge < -0.3 is 26.7 Å². The number of rotatable bonds is 11. The number of nitrogens with zero attached hydrogens (tertiary/aromatic N) is 2. The molecule has 0 bridgehead atoms. The number of aromatic nitrogens is 1. The highest BCUT2D eigenvalue weighted by atomic mass is 19.3. The van der Waals surface area contributed by atoms with Gasteiger partial charge in [-0.25, -0.2) is 13.8 Å². The summed E-state index contributed by atoms with van der Waals surface area (Å²) < 4.78 is 50.9. The molecule has 1 saturated heterocycles. The Kier molecular flexibility index (Phi) is 7.81. The van der Waals surface area contributed by atoms with Crippen LogP contribution < -0.4 is 21.3 Å². The SMILES string of the molecule is N=C/C(=C\NCC(F)(F)C(F)F)c1cccc(CC(=O)Nc2cc(N3CC[C@@](N)(C4CC4)C3=O)ccn2)c1. The molecule has 1 aliphatic heterocycles. The second-order valence-electron chi connectivity index (χ2n) is 9.53. The number of anilines is 2. The third-order valence-corrected chi connectivity index (χ3v) is 6.72. The van der Waals surface area contributed by atoms with E-state index in [-0.39, 0.29) is 35.5 Å². The molecule has 2 aliphatic rings. The van der Waals surface area contributed by atoms with Gasteiger partial charge in [-0.2, -0.15) is 8.78 Å². The summed E-state index contributed by atoms with van der Waals surface area (Å²) in [6.07, 6.45) is 2.06. The van der Waals surface area contributed by atoms with Crippen LogP contribution in [0, 0.1) is 11.3 Å². The second-order valence-corrected chi connectivity index (χ2v) is 9.53. The van der Waals surface area contributed by atoms with Crippen molar-refractivity contribution in [2.75, 3.05) is 23.3 Å². The number of benzene rings is 1. The Bertz CT molecular complexity index is 1250. The van der Waals surface area contributed by atoms with Gasteiger partial charge in [0.15, 0.2) is 0 Å². The van der Waals surface area contributed by atoms with Gasteiger partial charge in [0.2, 0.25) is 11.8 Å².